The number of piperidine rings is 1. The Bertz CT molecular complexity index is 929. The fraction of sp³-hybridized carbons (Fsp3) is 0.417. The normalized spacial score (nSPS) is 15.6. The van der Waals surface area contributed by atoms with Crippen molar-refractivity contribution in [3.8, 4) is 0 Å². The maximum absolute atomic E-state index is 13.6. The van der Waals surface area contributed by atoms with E-state index in [0.717, 1.165) is 43.4 Å². The van der Waals surface area contributed by atoms with Crippen LogP contribution in [-0.2, 0) is 6.54 Å². The minimum Gasteiger partial charge on any atom is -0.355 e. The van der Waals surface area contributed by atoms with Crippen molar-refractivity contribution in [2.24, 2.45) is 0 Å². The van der Waals surface area contributed by atoms with Gasteiger partial charge in [-0.2, -0.15) is 0 Å². The van der Waals surface area contributed by atoms with Gasteiger partial charge in [0.05, 0.1) is 5.39 Å². The molecule has 0 aliphatic carbocycles. The number of fused-ring (bicyclic) bond motifs is 1. The number of aromatic nitrogens is 1. The molecule has 1 fully saturated rings. The second-order valence-electron chi connectivity index (χ2n) is 7.87. The van der Waals surface area contributed by atoms with Crippen LogP contribution in [-0.4, -0.2) is 46.5 Å². The minimum atomic E-state index is -0.0363. The van der Waals surface area contributed by atoms with Gasteiger partial charge in [-0.15, -0.1) is 0 Å². The Morgan fingerprint density at radius 2 is 1.83 bits per heavy atom. The smallest absolute Gasteiger partial charge is 0.277 e. The van der Waals surface area contributed by atoms with Crippen LogP contribution in [0.4, 0.5) is 0 Å². The first-order chi connectivity index (χ1) is 14.3. The summed E-state index contributed by atoms with van der Waals surface area (Å²) in [5.41, 5.74) is 2.22. The average molecular weight is 392 g/mol. The molecule has 1 saturated heterocycles. The van der Waals surface area contributed by atoms with Gasteiger partial charge in [0.1, 0.15) is 0 Å². The highest BCUT2D eigenvalue weighted by Crippen LogP contribution is 2.25. The summed E-state index contributed by atoms with van der Waals surface area (Å²) >= 11 is 0. The molecule has 4 rings (SSSR count). The summed E-state index contributed by atoms with van der Waals surface area (Å²) in [7, 11) is 0. The summed E-state index contributed by atoms with van der Waals surface area (Å²) < 4.78 is 5.41. The van der Waals surface area contributed by atoms with E-state index in [9.17, 15) is 4.79 Å². The Morgan fingerprint density at radius 1 is 1.10 bits per heavy atom. The molecule has 5 heteroatoms. The maximum Gasteiger partial charge on any atom is 0.277 e. The Labute approximate surface area is 172 Å². The summed E-state index contributed by atoms with van der Waals surface area (Å²) in [6.07, 6.45) is 4.45. The van der Waals surface area contributed by atoms with Crippen molar-refractivity contribution in [3.05, 3.63) is 65.9 Å². The molecule has 0 bridgehead atoms. The number of para-hydroxylation sites is 1. The van der Waals surface area contributed by atoms with E-state index >= 15 is 0 Å². The molecule has 0 unspecified atom stereocenters. The number of carbonyl (C=O) groups is 1. The number of amides is 1. The molecule has 2 aromatic carbocycles. The molecular formula is C24H29N3O2. The average Bonchev–Trinajstić information content (AvgIpc) is 3.21. The first kappa shape index (κ1) is 19.6. The van der Waals surface area contributed by atoms with Gasteiger partial charge in [0.15, 0.2) is 11.3 Å². The Morgan fingerprint density at radius 3 is 2.59 bits per heavy atom. The van der Waals surface area contributed by atoms with Crippen molar-refractivity contribution in [3.63, 3.8) is 0 Å². The van der Waals surface area contributed by atoms with E-state index in [-0.39, 0.29) is 11.9 Å². The predicted octanol–water partition coefficient (Wildman–Crippen LogP) is 4.73. The lowest BCUT2D eigenvalue weighted by Crippen LogP contribution is -2.47. The van der Waals surface area contributed by atoms with E-state index in [4.69, 9.17) is 4.52 Å². The van der Waals surface area contributed by atoms with Crippen molar-refractivity contribution < 1.29 is 9.32 Å². The van der Waals surface area contributed by atoms with Gasteiger partial charge < -0.3 is 14.3 Å². The maximum atomic E-state index is 13.6. The number of likely N-dealkylation sites (tertiary alicyclic amines) is 1. The van der Waals surface area contributed by atoms with Crippen LogP contribution in [0.15, 0.2) is 59.1 Å². The van der Waals surface area contributed by atoms with Crippen LogP contribution in [0.2, 0.25) is 0 Å². The number of carbonyl (C=O) groups excluding carboxylic acids is 1. The predicted molar refractivity (Wildman–Crippen MR) is 115 cm³/mol. The van der Waals surface area contributed by atoms with Gasteiger partial charge in [-0.25, -0.2) is 0 Å². The topological polar surface area (TPSA) is 49.6 Å². The molecule has 0 saturated carbocycles. The van der Waals surface area contributed by atoms with Crippen molar-refractivity contribution >= 4 is 16.9 Å². The quantitative estimate of drug-likeness (QED) is 0.584. The molecule has 0 N–H and O–H groups in total. The number of hydrogen-bond acceptors (Lipinski definition) is 4. The van der Waals surface area contributed by atoms with Gasteiger partial charge >= 0.3 is 0 Å². The summed E-state index contributed by atoms with van der Waals surface area (Å²) in [5.74, 6) is -0.0363. The zero-order chi connectivity index (χ0) is 20.1. The summed E-state index contributed by atoms with van der Waals surface area (Å²) in [5, 5.41) is 4.92. The van der Waals surface area contributed by atoms with E-state index in [1.165, 1.54) is 12.8 Å². The van der Waals surface area contributed by atoms with Gasteiger partial charge in [0.25, 0.3) is 5.91 Å². The summed E-state index contributed by atoms with van der Waals surface area (Å²) in [6.45, 7) is 6.07. The first-order valence-corrected chi connectivity index (χ1v) is 10.7. The fourth-order valence-corrected chi connectivity index (χ4v) is 4.16. The highest BCUT2D eigenvalue weighted by Gasteiger charge is 2.31. The van der Waals surface area contributed by atoms with Crippen molar-refractivity contribution in [1.82, 2.24) is 15.0 Å². The molecule has 29 heavy (non-hydrogen) atoms. The highest BCUT2D eigenvalue weighted by molar-refractivity contribution is 6.04. The Balaban J connectivity index is 1.56. The van der Waals surface area contributed by atoms with E-state index in [0.29, 0.717) is 17.8 Å². The third-order valence-electron chi connectivity index (χ3n) is 5.86. The van der Waals surface area contributed by atoms with Gasteiger partial charge in [-0.05, 0) is 43.5 Å². The van der Waals surface area contributed by atoms with E-state index in [2.05, 4.69) is 29.1 Å². The van der Waals surface area contributed by atoms with Gasteiger partial charge in [-0.3, -0.25) is 4.79 Å². The lowest BCUT2D eigenvalue weighted by molar-refractivity contribution is 0.0541. The third kappa shape index (κ3) is 4.51. The molecule has 0 spiro atoms. The standard InChI is InChI=1S/C24H29N3O2/c1-2-3-15-26-16-13-20(14-17-26)27(18-19-9-5-4-6-10-19)24(28)23-21-11-7-8-12-22(21)29-25-23/h4-12,20H,2-3,13-18H2,1H3. The van der Waals surface area contributed by atoms with Crippen LogP contribution in [0.1, 0.15) is 48.7 Å². The molecule has 1 amide bonds. The Kier molecular flexibility index (Phi) is 6.25. The summed E-state index contributed by atoms with van der Waals surface area (Å²) in [4.78, 5) is 18.1. The molecule has 1 aromatic heterocycles. The third-order valence-corrected chi connectivity index (χ3v) is 5.86. The molecule has 3 aromatic rings. The molecule has 1 aliphatic heterocycles. The molecule has 2 heterocycles. The van der Waals surface area contributed by atoms with Crippen LogP contribution in [0.25, 0.3) is 11.0 Å². The number of nitrogens with zero attached hydrogens (tertiary/aromatic N) is 3. The minimum absolute atomic E-state index is 0.0363. The van der Waals surface area contributed by atoms with Crippen LogP contribution < -0.4 is 0 Å². The molecule has 0 radical (unpaired) electrons. The van der Waals surface area contributed by atoms with E-state index in [1.54, 1.807) is 0 Å². The van der Waals surface area contributed by atoms with Crippen LogP contribution in [0.5, 0.6) is 0 Å². The first-order valence-electron chi connectivity index (χ1n) is 10.7. The number of benzene rings is 2. The Hall–Kier alpha value is -2.66. The number of unbranched alkanes of at least 4 members (excludes halogenated alkanes) is 1. The second kappa shape index (κ2) is 9.23. The highest BCUT2D eigenvalue weighted by atomic mass is 16.5. The number of hydrogen-bond donors (Lipinski definition) is 0. The summed E-state index contributed by atoms with van der Waals surface area (Å²) in [6, 6.07) is 18.0. The van der Waals surface area contributed by atoms with Gasteiger partial charge in [0, 0.05) is 25.7 Å². The van der Waals surface area contributed by atoms with Crippen LogP contribution in [0.3, 0.4) is 0 Å². The van der Waals surface area contributed by atoms with E-state index in [1.807, 2.05) is 47.4 Å². The number of rotatable bonds is 7. The fourth-order valence-electron chi connectivity index (χ4n) is 4.16. The SMILES string of the molecule is CCCCN1CCC(N(Cc2ccccc2)C(=O)c2noc3ccccc23)CC1. The molecule has 0 atom stereocenters. The molecule has 5 nitrogen and oxygen atoms in total. The molecule has 152 valence electrons. The second-order valence-corrected chi connectivity index (χ2v) is 7.87. The lowest BCUT2D eigenvalue weighted by atomic mass is 10.0. The lowest BCUT2D eigenvalue weighted by Gasteiger charge is -2.38. The van der Waals surface area contributed by atoms with Crippen molar-refractivity contribution in [2.45, 2.75) is 45.2 Å². The van der Waals surface area contributed by atoms with Crippen molar-refractivity contribution in [1.29, 1.82) is 0 Å². The van der Waals surface area contributed by atoms with Gasteiger partial charge in [-0.1, -0.05) is 61.0 Å². The zero-order valence-electron chi connectivity index (χ0n) is 17.1. The van der Waals surface area contributed by atoms with Gasteiger partial charge in [0.2, 0.25) is 0 Å². The monoisotopic (exact) mass is 391 g/mol. The molecule has 1 aliphatic rings. The van der Waals surface area contributed by atoms with Crippen LogP contribution in [0, 0.1) is 0 Å². The largest absolute Gasteiger partial charge is 0.355 e. The van der Waals surface area contributed by atoms with Crippen LogP contribution >= 0.6 is 0 Å². The molecular weight excluding hydrogens is 362 g/mol. The van der Waals surface area contributed by atoms with E-state index < -0.39 is 0 Å². The van der Waals surface area contributed by atoms with Crippen molar-refractivity contribution in [2.75, 3.05) is 19.6 Å². The zero-order valence-corrected chi connectivity index (χ0v) is 17.1.